The Bertz CT molecular complexity index is 336. The number of rotatable bonds is 2. The molecule has 2 rings (SSSR count). The zero-order valence-corrected chi connectivity index (χ0v) is 9.96. The first-order valence-corrected chi connectivity index (χ1v) is 6.32. The van der Waals surface area contributed by atoms with Gasteiger partial charge in [0.15, 0.2) is 3.95 Å². The monoisotopic (exact) mass is 229 g/mol. The van der Waals surface area contributed by atoms with Crippen LogP contribution in [0.25, 0.3) is 0 Å². The number of hydrogen-bond donors (Lipinski definition) is 1. The predicted octanol–water partition coefficient (Wildman–Crippen LogP) is 2.83. The van der Waals surface area contributed by atoms with Crippen molar-refractivity contribution < 1.29 is 0 Å². The summed E-state index contributed by atoms with van der Waals surface area (Å²) >= 11 is 6.60. The Kier molecular flexibility index (Phi) is 3.18. The molecule has 14 heavy (non-hydrogen) atoms. The van der Waals surface area contributed by atoms with Gasteiger partial charge < -0.3 is 4.90 Å². The van der Waals surface area contributed by atoms with Crippen molar-refractivity contribution in [2.75, 3.05) is 18.0 Å². The standard InChI is InChI=1S/C9H15N3S2/c1-2-7-3-5-12(6-4-7)8-10-11-9(13)14-8/h7H,2-6H2,1H3,(H,11,13). The number of hydrogen-bond acceptors (Lipinski definition) is 4. The summed E-state index contributed by atoms with van der Waals surface area (Å²) in [5, 5.41) is 8.10. The summed E-state index contributed by atoms with van der Waals surface area (Å²) < 4.78 is 0.776. The molecule has 0 atom stereocenters. The Morgan fingerprint density at radius 1 is 1.57 bits per heavy atom. The van der Waals surface area contributed by atoms with Gasteiger partial charge in [-0.2, -0.15) is 0 Å². The lowest BCUT2D eigenvalue weighted by Crippen LogP contribution is -2.33. The van der Waals surface area contributed by atoms with Crippen LogP contribution in [0.4, 0.5) is 5.13 Å². The molecule has 1 N–H and O–H groups in total. The van der Waals surface area contributed by atoms with Crippen LogP contribution in [0.5, 0.6) is 0 Å². The van der Waals surface area contributed by atoms with Crippen molar-refractivity contribution in [2.24, 2.45) is 5.92 Å². The highest BCUT2D eigenvalue weighted by Gasteiger charge is 2.19. The van der Waals surface area contributed by atoms with Crippen molar-refractivity contribution >= 4 is 28.7 Å². The van der Waals surface area contributed by atoms with Crippen molar-refractivity contribution in [1.29, 1.82) is 0 Å². The lowest BCUT2D eigenvalue weighted by molar-refractivity contribution is 0.394. The van der Waals surface area contributed by atoms with E-state index in [1.165, 1.54) is 19.3 Å². The lowest BCUT2D eigenvalue weighted by Gasteiger charge is -2.30. The van der Waals surface area contributed by atoms with Crippen molar-refractivity contribution in [2.45, 2.75) is 26.2 Å². The molecule has 0 aliphatic carbocycles. The molecule has 1 aromatic rings. The van der Waals surface area contributed by atoms with E-state index in [2.05, 4.69) is 22.0 Å². The summed E-state index contributed by atoms with van der Waals surface area (Å²) in [5.74, 6) is 0.915. The molecule has 0 saturated carbocycles. The number of anilines is 1. The average Bonchev–Trinajstić information content (AvgIpc) is 2.65. The maximum Gasteiger partial charge on any atom is 0.206 e. The molecular formula is C9H15N3S2. The van der Waals surface area contributed by atoms with Crippen molar-refractivity contribution in [3.05, 3.63) is 3.95 Å². The SMILES string of the molecule is CCC1CCN(c2n[nH]c(=S)s2)CC1. The fourth-order valence-electron chi connectivity index (χ4n) is 1.89. The zero-order chi connectivity index (χ0) is 9.97. The summed E-state index contributed by atoms with van der Waals surface area (Å²) in [6, 6.07) is 0. The second kappa shape index (κ2) is 4.40. The number of piperidine rings is 1. The van der Waals surface area contributed by atoms with E-state index in [1.807, 2.05) is 0 Å². The Morgan fingerprint density at radius 3 is 2.79 bits per heavy atom. The van der Waals surface area contributed by atoms with E-state index in [0.717, 1.165) is 28.1 Å². The minimum absolute atomic E-state index is 0.776. The van der Waals surface area contributed by atoms with E-state index in [1.54, 1.807) is 11.3 Å². The van der Waals surface area contributed by atoms with Crippen LogP contribution < -0.4 is 4.90 Å². The van der Waals surface area contributed by atoms with Gasteiger partial charge >= 0.3 is 0 Å². The quantitative estimate of drug-likeness (QED) is 0.791. The highest BCUT2D eigenvalue weighted by Crippen LogP contribution is 2.25. The summed E-state index contributed by atoms with van der Waals surface area (Å²) in [5.41, 5.74) is 0. The molecule has 0 unspecified atom stereocenters. The molecule has 0 amide bonds. The van der Waals surface area contributed by atoms with Crippen molar-refractivity contribution in [3.63, 3.8) is 0 Å². The average molecular weight is 229 g/mol. The molecule has 78 valence electrons. The normalized spacial score (nSPS) is 18.8. The first-order valence-electron chi connectivity index (χ1n) is 5.10. The fourth-order valence-corrected chi connectivity index (χ4v) is 2.82. The summed E-state index contributed by atoms with van der Waals surface area (Å²) in [7, 11) is 0. The maximum absolute atomic E-state index is 5.02. The van der Waals surface area contributed by atoms with Crippen LogP contribution in [0, 0.1) is 9.87 Å². The van der Waals surface area contributed by atoms with Gasteiger partial charge in [0.2, 0.25) is 5.13 Å². The van der Waals surface area contributed by atoms with Gasteiger partial charge in [-0.1, -0.05) is 24.7 Å². The number of aromatic nitrogens is 2. The van der Waals surface area contributed by atoms with Crippen LogP contribution in [0.1, 0.15) is 26.2 Å². The highest BCUT2D eigenvalue weighted by atomic mass is 32.1. The molecule has 1 aromatic heterocycles. The van der Waals surface area contributed by atoms with Gasteiger partial charge in [0, 0.05) is 13.1 Å². The second-order valence-electron chi connectivity index (χ2n) is 3.73. The van der Waals surface area contributed by atoms with Crippen LogP contribution in [0.2, 0.25) is 0 Å². The lowest BCUT2D eigenvalue weighted by atomic mass is 9.95. The maximum atomic E-state index is 5.02. The van der Waals surface area contributed by atoms with E-state index < -0.39 is 0 Å². The minimum atomic E-state index is 0.776. The van der Waals surface area contributed by atoms with Gasteiger partial charge in [0.1, 0.15) is 0 Å². The highest BCUT2D eigenvalue weighted by molar-refractivity contribution is 7.73. The van der Waals surface area contributed by atoms with Gasteiger partial charge in [-0.25, -0.2) is 0 Å². The molecule has 0 bridgehead atoms. The van der Waals surface area contributed by atoms with Crippen LogP contribution in [-0.4, -0.2) is 23.3 Å². The first kappa shape index (κ1) is 10.1. The molecule has 5 heteroatoms. The third-order valence-electron chi connectivity index (χ3n) is 2.89. The van der Waals surface area contributed by atoms with E-state index >= 15 is 0 Å². The van der Waals surface area contributed by atoms with E-state index in [-0.39, 0.29) is 0 Å². The minimum Gasteiger partial charge on any atom is -0.347 e. The van der Waals surface area contributed by atoms with Crippen LogP contribution in [0.3, 0.4) is 0 Å². The van der Waals surface area contributed by atoms with Crippen molar-refractivity contribution in [3.8, 4) is 0 Å². The predicted molar refractivity (Wildman–Crippen MR) is 62.5 cm³/mol. The Hall–Kier alpha value is -0.420. The fraction of sp³-hybridized carbons (Fsp3) is 0.778. The smallest absolute Gasteiger partial charge is 0.206 e. The topological polar surface area (TPSA) is 31.9 Å². The van der Waals surface area contributed by atoms with Gasteiger partial charge in [-0.05, 0) is 31.0 Å². The summed E-state index contributed by atoms with van der Waals surface area (Å²) in [6.07, 6.45) is 3.90. The zero-order valence-electron chi connectivity index (χ0n) is 8.32. The molecule has 0 spiro atoms. The summed E-state index contributed by atoms with van der Waals surface area (Å²) in [4.78, 5) is 2.34. The van der Waals surface area contributed by atoms with Gasteiger partial charge in [-0.15, -0.1) is 5.10 Å². The van der Waals surface area contributed by atoms with E-state index in [0.29, 0.717) is 0 Å². The van der Waals surface area contributed by atoms with E-state index in [9.17, 15) is 0 Å². The van der Waals surface area contributed by atoms with E-state index in [4.69, 9.17) is 12.2 Å². The molecular weight excluding hydrogens is 214 g/mol. The number of nitrogens with zero attached hydrogens (tertiary/aromatic N) is 2. The number of aromatic amines is 1. The summed E-state index contributed by atoms with van der Waals surface area (Å²) in [6.45, 7) is 4.54. The Morgan fingerprint density at radius 2 is 2.29 bits per heavy atom. The van der Waals surface area contributed by atoms with Crippen molar-refractivity contribution in [1.82, 2.24) is 10.2 Å². The largest absolute Gasteiger partial charge is 0.347 e. The van der Waals surface area contributed by atoms with Crippen LogP contribution in [-0.2, 0) is 0 Å². The molecule has 0 aromatic carbocycles. The Labute approximate surface area is 93.1 Å². The first-order chi connectivity index (χ1) is 6.79. The number of H-pyrrole nitrogens is 1. The molecule has 3 nitrogen and oxygen atoms in total. The van der Waals surface area contributed by atoms with Gasteiger partial charge in [-0.3, -0.25) is 5.10 Å². The molecule has 2 heterocycles. The van der Waals surface area contributed by atoms with Gasteiger partial charge in [0.25, 0.3) is 0 Å². The molecule has 1 saturated heterocycles. The molecule has 1 fully saturated rings. The van der Waals surface area contributed by atoms with Crippen LogP contribution >= 0.6 is 23.6 Å². The van der Waals surface area contributed by atoms with Crippen LogP contribution in [0.15, 0.2) is 0 Å². The third-order valence-corrected chi connectivity index (χ3v) is 4.04. The molecule has 0 radical (unpaired) electrons. The number of nitrogens with one attached hydrogen (secondary N) is 1. The molecule has 1 aliphatic rings. The van der Waals surface area contributed by atoms with Gasteiger partial charge in [0.05, 0.1) is 0 Å². The second-order valence-corrected chi connectivity index (χ2v) is 5.38. The Balaban J connectivity index is 1.98. The molecule has 1 aliphatic heterocycles. The third kappa shape index (κ3) is 2.15.